The summed E-state index contributed by atoms with van der Waals surface area (Å²) in [5, 5.41) is 8.87. The van der Waals surface area contributed by atoms with E-state index in [4.69, 9.17) is 4.42 Å². The van der Waals surface area contributed by atoms with Crippen molar-refractivity contribution < 1.29 is 9.21 Å². The molecule has 7 heteroatoms. The van der Waals surface area contributed by atoms with Crippen molar-refractivity contribution in [1.82, 2.24) is 20.1 Å². The smallest absolute Gasteiger partial charge is 0.266 e. The molecule has 0 radical (unpaired) electrons. The van der Waals surface area contributed by atoms with Crippen molar-refractivity contribution in [1.29, 1.82) is 0 Å². The lowest BCUT2D eigenvalue weighted by Crippen LogP contribution is -2.30. The Bertz CT molecular complexity index is 903. The summed E-state index contributed by atoms with van der Waals surface area (Å²) in [7, 11) is 0. The molecular formula is C18H18N4O2S. The molecule has 1 fully saturated rings. The number of thiazole rings is 1. The molecule has 1 unspecified atom stereocenters. The zero-order chi connectivity index (χ0) is 17.4. The van der Waals surface area contributed by atoms with Gasteiger partial charge in [0.1, 0.15) is 15.9 Å². The minimum Gasteiger partial charge on any atom is -0.423 e. The fourth-order valence-electron chi connectivity index (χ4n) is 3.14. The van der Waals surface area contributed by atoms with Crippen molar-refractivity contribution in [3.63, 3.8) is 0 Å². The second kappa shape index (κ2) is 6.40. The van der Waals surface area contributed by atoms with Crippen LogP contribution in [0.5, 0.6) is 0 Å². The SMILES string of the molecule is Cc1nnc(C2CCCN2C(=O)c2sc(-c3ccccc3)nc2C)o1. The number of hydrogen-bond acceptors (Lipinski definition) is 6. The third-order valence-electron chi connectivity index (χ3n) is 4.35. The van der Waals surface area contributed by atoms with Crippen LogP contribution >= 0.6 is 11.3 Å². The van der Waals surface area contributed by atoms with Crippen LogP contribution < -0.4 is 0 Å². The van der Waals surface area contributed by atoms with Crippen molar-refractivity contribution in [2.45, 2.75) is 32.7 Å². The van der Waals surface area contributed by atoms with E-state index in [0.717, 1.165) is 29.1 Å². The Morgan fingerprint density at radius 1 is 1.24 bits per heavy atom. The fourth-order valence-corrected chi connectivity index (χ4v) is 4.17. The van der Waals surface area contributed by atoms with Crippen molar-refractivity contribution in [2.24, 2.45) is 0 Å². The first kappa shape index (κ1) is 16.0. The number of nitrogens with zero attached hydrogens (tertiary/aromatic N) is 4. The van der Waals surface area contributed by atoms with Gasteiger partial charge in [0.15, 0.2) is 0 Å². The summed E-state index contributed by atoms with van der Waals surface area (Å²) in [6.07, 6.45) is 1.78. The zero-order valence-electron chi connectivity index (χ0n) is 14.1. The quantitative estimate of drug-likeness (QED) is 0.715. The second-order valence-corrected chi connectivity index (χ2v) is 7.11. The maximum absolute atomic E-state index is 13.1. The molecule has 0 N–H and O–H groups in total. The summed E-state index contributed by atoms with van der Waals surface area (Å²) in [5.74, 6) is 1.04. The summed E-state index contributed by atoms with van der Waals surface area (Å²) < 4.78 is 5.56. The standard InChI is InChI=1S/C18H18N4O2S/c1-11-15(25-17(19-11)13-7-4-3-5-8-13)18(23)22-10-6-9-14(22)16-21-20-12(2)24-16/h3-5,7-8,14H,6,9-10H2,1-2H3. The van der Waals surface area contributed by atoms with Gasteiger partial charge in [-0.2, -0.15) is 0 Å². The van der Waals surface area contributed by atoms with E-state index in [9.17, 15) is 4.79 Å². The van der Waals surface area contributed by atoms with Crippen LogP contribution in [-0.4, -0.2) is 32.5 Å². The van der Waals surface area contributed by atoms with Crippen LogP contribution in [0.3, 0.4) is 0 Å². The summed E-state index contributed by atoms with van der Waals surface area (Å²) in [6, 6.07) is 9.79. The minimum atomic E-state index is -0.143. The molecule has 3 heterocycles. The Labute approximate surface area is 149 Å². The van der Waals surface area contributed by atoms with E-state index in [0.29, 0.717) is 23.2 Å². The average Bonchev–Trinajstić information content (AvgIpc) is 3.34. The van der Waals surface area contributed by atoms with E-state index in [1.807, 2.05) is 42.2 Å². The molecule has 0 aliphatic carbocycles. The van der Waals surface area contributed by atoms with E-state index in [1.54, 1.807) is 6.92 Å². The van der Waals surface area contributed by atoms with Gasteiger partial charge in [-0.1, -0.05) is 30.3 Å². The molecule has 2 aromatic heterocycles. The molecule has 0 saturated carbocycles. The molecule has 1 saturated heterocycles. The monoisotopic (exact) mass is 354 g/mol. The number of aryl methyl sites for hydroxylation is 2. The van der Waals surface area contributed by atoms with Gasteiger partial charge in [0.25, 0.3) is 5.91 Å². The number of hydrogen-bond donors (Lipinski definition) is 0. The highest BCUT2D eigenvalue weighted by molar-refractivity contribution is 7.17. The Hall–Kier alpha value is -2.54. The molecule has 1 amide bonds. The van der Waals surface area contributed by atoms with Crippen LogP contribution in [0.1, 0.15) is 46.0 Å². The summed E-state index contributed by atoms with van der Waals surface area (Å²) in [5.41, 5.74) is 1.79. The average molecular weight is 354 g/mol. The Morgan fingerprint density at radius 2 is 2.04 bits per heavy atom. The molecule has 0 spiro atoms. The number of aromatic nitrogens is 3. The first-order chi connectivity index (χ1) is 12.1. The molecule has 128 valence electrons. The molecule has 4 rings (SSSR count). The predicted octanol–water partition coefficient (Wildman–Crippen LogP) is 3.79. The molecule has 1 aliphatic rings. The lowest BCUT2D eigenvalue weighted by Gasteiger charge is -2.21. The van der Waals surface area contributed by atoms with Gasteiger partial charge < -0.3 is 9.32 Å². The van der Waals surface area contributed by atoms with Crippen LogP contribution in [0, 0.1) is 13.8 Å². The molecule has 1 aliphatic heterocycles. The van der Waals surface area contributed by atoms with Gasteiger partial charge in [0.2, 0.25) is 11.8 Å². The molecule has 0 bridgehead atoms. The number of rotatable bonds is 3. The van der Waals surface area contributed by atoms with Crippen LogP contribution in [0.15, 0.2) is 34.7 Å². The van der Waals surface area contributed by atoms with Gasteiger partial charge in [0, 0.05) is 19.0 Å². The van der Waals surface area contributed by atoms with Gasteiger partial charge in [-0.05, 0) is 19.8 Å². The minimum absolute atomic E-state index is 0.00414. The highest BCUT2D eigenvalue weighted by atomic mass is 32.1. The van der Waals surface area contributed by atoms with Gasteiger partial charge in [-0.3, -0.25) is 4.79 Å². The van der Waals surface area contributed by atoms with Gasteiger partial charge in [-0.25, -0.2) is 4.98 Å². The number of likely N-dealkylation sites (tertiary alicyclic amines) is 1. The second-order valence-electron chi connectivity index (χ2n) is 6.12. The van der Waals surface area contributed by atoms with Crippen molar-refractivity contribution in [3.8, 4) is 10.6 Å². The first-order valence-corrected chi connectivity index (χ1v) is 9.09. The van der Waals surface area contributed by atoms with Crippen LogP contribution in [0.25, 0.3) is 10.6 Å². The van der Waals surface area contributed by atoms with E-state index < -0.39 is 0 Å². The molecule has 1 aromatic carbocycles. The summed E-state index contributed by atoms with van der Waals surface area (Å²) in [4.78, 5) is 20.2. The molecule has 1 atom stereocenters. The third-order valence-corrected chi connectivity index (χ3v) is 5.55. The third kappa shape index (κ3) is 2.95. The van der Waals surface area contributed by atoms with Crippen molar-refractivity contribution >= 4 is 17.2 Å². The lowest BCUT2D eigenvalue weighted by molar-refractivity contribution is 0.0718. The van der Waals surface area contributed by atoms with E-state index in [-0.39, 0.29) is 11.9 Å². The van der Waals surface area contributed by atoms with Crippen LogP contribution in [0.2, 0.25) is 0 Å². The first-order valence-electron chi connectivity index (χ1n) is 8.27. The van der Waals surface area contributed by atoms with Crippen LogP contribution in [-0.2, 0) is 0 Å². The zero-order valence-corrected chi connectivity index (χ0v) is 14.9. The maximum atomic E-state index is 13.1. The molecule has 6 nitrogen and oxygen atoms in total. The molecule has 25 heavy (non-hydrogen) atoms. The summed E-state index contributed by atoms with van der Waals surface area (Å²) in [6.45, 7) is 4.35. The normalized spacial score (nSPS) is 17.2. The Balaban J connectivity index is 1.63. The number of carbonyl (C=O) groups is 1. The van der Waals surface area contributed by atoms with Gasteiger partial charge >= 0.3 is 0 Å². The van der Waals surface area contributed by atoms with Crippen LogP contribution in [0.4, 0.5) is 0 Å². The number of carbonyl (C=O) groups excluding carboxylic acids is 1. The molecular weight excluding hydrogens is 336 g/mol. The van der Waals surface area contributed by atoms with Gasteiger partial charge in [0.05, 0.1) is 5.69 Å². The Kier molecular flexibility index (Phi) is 4.09. The molecule has 3 aromatic rings. The number of benzene rings is 1. The van der Waals surface area contributed by atoms with Crippen molar-refractivity contribution in [2.75, 3.05) is 6.54 Å². The highest BCUT2D eigenvalue weighted by Gasteiger charge is 2.35. The predicted molar refractivity (Wildman–Crippen MR) is 94.3 cm³/mol. The number of amides is 1. The van der Waals surface area contributed by atoms with E-state index in [2.05, 4.69) is 15.2 Å². The van der Waals surface area contributed by atoms with Gasteiger partial charge in [-0.15, -0.1) is 21.5 Å². The van der Waals surface area contributed by atoms with Crippen molar-refractivity contribution in [3.05, 3.63) is 52.7 Å². The largest absolute Gasteiger partial charge is 0.423 e. The van der Waals surface area contributed by atoms with E-state index >= 15 is 0 Å². The highest BCUT2D eigenvalue weighted by Crippen LogP contribution is 2.35. The summed E-state index contributed by atoms with van der Waals surface area (Å²) >= 11 is 1.44. The Morgan fingerprint density at radius 3 is 2.76 bits per heavy atom. The fraction of sp³-hybridized carbons (Fsp3) is 0.333. The van der Waals surface area contributed by atoms with E-state index in [1.165, 1.54) is 11.3 Å². The maximum Gasteiger partial charge on any atom is 0.266 e. The lowest BCUT2D eigenvalue weighted by atomic mass is 10.2. The topological polar surface area (TPSA) is 72.1 Å².